The van der Waals surface area contributed by atoms with Gasteiger partial charge >= 0.3 is 0 Å². The molecule has 0 saturated carbocycles. The Morgan fingerprint density at radius 1 is 0.687 bits per heavy atom. The molecular formula is C66H101N11O6. The van der Waals surface area contributed by atoms with Gasteiger partial charge in [-0.15, -0.1) is 0 Å². The summed E-state index contributed by atoms with van der Waals surface area (Å²) >= 11 is 0. The first kappa shape index (κ1) is 64.6. The number of rotatable bonds is 31. The molecule has 8 N–H and O–H groups in total. The average molecular weight is 1140 g/mol. The molecule has 0 radical (unpaired) electrons. The van der Waals surface area contributed by atoms with E-state index in [1.54, 1.807) is 14.1 Å². The predicted octanol–water partition coefficient (Wildman–Crippen LogP) is 6.98. The van der Waals surface area contributed by atoms with E-state index in [0.717, 1.165) is 139 Å². The van der Waals surface area contributed by atoms with Gasteiger partial charge in [-0.05, 0) is 153 Å². The highest BCUT2D eigenvalue weighted by Crippen LogP contribution is 2.39. The van der Waals surface area contributed by atoms with E-state index in [2.05, 4.69) is 97.4 Å². The van der Waals surface area contributed by atoms with Crippen molar-refractivity contribution in [3.63, 3.8) is 0 Å². The maximum Gasteiger partial charge on any atom is 0.249 e. The molecule has 1 aromatic rings. The molecule has 12 unspecified atom stereocenters. The fourth-order valence-corrected chi connectivity index (χ4v) is 13.6. The number of carbonyl (C=O) groups is 6. The predicted molar refractivity (Wildman–Crippen MR) is 331 cm³/mol. The number of fused-ring (bicyclic) bond motifs is 2. The lowest BCUT2D eigenvalue weighted by Crippen LogP contribution is -2.57. The number of nitrogens with one attached hydrogen (secondary N) is 8. The highest BCUT2D eigenvalue weighted by atomic mass is 16.2. The van der Waals surface area contributed by atoms with E-state index in [1.807, 2.05) is 55.2 Å². The molecule has 83 heavy (non-hydrogen) atoms. The second-order valence-corrected chi connectivity index (χ2v) is 24.0. The van der Waals surface area contributed by atoms with Crippen LogP contribution in [-0.4, -0.2) is 146 Å². The van der Waals surface area contributed by atoms with Gasteiger partial charge in [-0.2, -0.15) is 0 Å². The van der Waals surface area contributed by atoms with E-state index < -0.39 is 24.2 Å². The van der Waals surface area contributed by atoms with Crippen LogP contribution in [0.15, 0.2) is 95.7 Å². The number of nitrogens with zero attached hydrogens (tertiary/aromatic N) is 3. The Kier molecular flexibility index (Phi) is 26.1. The fraction of sp³-hybridized carbons (Fsp3) is 0.652. The van der Waals surface area contributed by atoms with E-state index in [-0.39, 0.29) is 83.4 Å². The second kappa shape index (κ2) is 33.5. The molecule has 4 aliphatic heterocycles. The number of likely N-dealkylation sites (N-methyl/N-ethyl adjacent to an activating group) is 2. The molecule has 12 atom stereocenters. The molecule has 4 heterocycles. The Labute approximate surface area is 496 Å². The van der Waals surface area contributed by atoms with Crippen LogP contribution in [0, 0.1) is 17.8 Å². The first-order chi connectivity index (χ1) is 40.4. The number of carbonyl (C=O) groups excluding carboxylic acids is 6. The van der Waals surface area contributed by atoms with Gasteiger partial charge in [0.1, 0.15) is 12.1 Å². The fourth-order valence-electron chi connectivity index (χ4n) is 13.6. The van der Waals surface area contributed by atoms with Crippen LogP contribution in [0.3, 0.4) is 0 Å². The van der Waals surface area contributed by atoms with Crippen molar-refractivity contribution in [2.75, 3.05) is 40.3 Å². The van der Waals surface area contributed by atoms with Crippen LogP contribution in [0.25, 0.3) is 0 Å². The first-order valence-corrected chi connectivity index (χ1v) is 32.0. The molecular weight excluding hydrogens is 1040 g/mol. The minimum absolute atomic E-state index is 0.00141. The van der Waals surface area contributed by atoms with Crippen molar-refractivity contribution in [1.82, 2.24) is 52.3 Å². The van der Waals surface area contributed by atoms with Crippen LogP contribution in [-0.2, 0) is 35.3 Å². The maximum atomic E-state index is 15.0. The van der Waals surface area contributed by atoms with Crippen molar-refractivity contribution in [2.45, 2.75) is 217 Å². The SMILES string of the molecule is C=C1C(NC(=O)C(CC)NC)C(CNC(=O)CCCCCCCNC(=O)C(N=C(CC)C2CCC3CCC(CCNCc4ccccc4)C(NC(=O)C(CC)NC)C(=O)N32)C2=CCCC=C2)CCC2CCC(C(=O)NCC3C=CC=CC3)N12. The minimum Gasteiger partial charge on any atom is -0.359 e. The number of aliphatic imine (C=N–C) groups is 1. The van der Waals surface area contributed by atoms with E-state index in [1.165, 1.54) is 5.56 Å². The zero-order valence-electron chi connectivity index (χ0n) is 50.7. The van der Waals surface area contributed by atoms with Crippen LogP contribution in [0.2, 0.25) is 0 Å². The molecule has 456 valence electrons. The van der Waals surface area contributed by atoms with Gasteiger partial charge in [0.15, 0.2) is 6.04 Å². The number of unbranched alkanes of at least 4 members (excludes halogenated alkanes) is 4. The molecule has 0 aromatic heterocycles. The van der Waals surface area contributed by atoms with Crippen LogP contribution in [0.5, 0.6) is 0 Å². The van der Waals surface area contributed by atoms with Gasteiger partial charge in [0.2, 0.25) is 35.4 Å². The van der Waals surface area contributed by atoms with Crippen molar-refractivity contribution < 1.29 is 28.8 Å². The summed E-state index contributed by atoms with van der Waals surface area (Å²) in [6.45, 7) is 13.5. The Morgan fingerprint density at radius 3 is 2.04 bits per heavy atom. The van der Waals surface area contributed by atoms with Crippen LogP contribution in [0.4, 0.5) is 0 Å². The van der Waals surface area contributed by atoms with Crippen molar-refractivity contribution in [2.24, 2.45) is 22.7 Å². The standard InChI is InChI=1S/C66H101N11O6/c1-7-53(56-37-35-52-33-31-49(39-41-69-42-46-24-16-13-17-25-46)61(66(83)77(52)56)75-63(80)55(9-3)68-6)73-60(48-28-20-15-21-29-48)65(82)70-40-23-12-10-11-22-30-58(78)71-44-50-32-34-51-36-38-57(64(81)72-43-47-26-18-14-19-27-47)76(51)45(4)59(50)74-62(79)54(8-2)67-5/h13-14,16-20,24-26,28-29,47,49-52,54-57,59-61,67-69H,4,7-12,15,21-23,27,30-44H2,1-3,5-6H3,(H,70,82)(H,71,78)(H,72,81)(H,74,79)(H,75,80). The summed E-state index contributed by atoms with van der Waals surface area (Å²) in [4.78, 5) is 93.2. The third kappa shape index (κ3) is 18.1. The third-order valence-electron chi connectivity index (χ3n) is 18.5. The summed E-state index contributed by atoms with van der Waals surface area (Å²) < 4.78 is 0. The van der Waals surface area contributed by atoms with Gasteiger partial charge in [0.05, 0.1) is 24.2 Å². The maximum absolute atomic E-state index is 15.0. The molecule has 1 aromatic carbocycles. The third-order valence-corrected chi connectivity index (χ3v) is 18.5. The summed E-state index contributed by atoms with van der Waals surface area (Å²) in [6.07, 6.45) is 30.9. The van der Waals surface area contributed by atoms with Gasteiger partial charge in [-0.25, -0.2) is 0 Å². The normalized spacial score (nSPS) is 26.2. The summed E-state index contributed by atoms with van der Waals surface area (Å²) in [5.74, 6) is -0.340. The topological polar surface area (TPSA) is 218 Å². The van der Waals surface area contributed by atoms with E-state index >= 15 is 4.79 Å². The monoisotopic (exact) mass is 1140 g/mol. The lowest BCUT2D eigenvalue weighted by molar-refractivity contribution is -0.139. The largest absolute Gasteiger partial charge is 0.359 e. The molecule has 6 aliphatic rings. The molecule has 6 amide bonds. The van der Waals surface area contributed by atoms with Crippen molar-refractivity contribution in [3.05, 3.63) is 96.3 Å². The number of benzene rings is 1. The lowest BCUT2D eigenvalue weighted by atomic mass is 9.89. The molecule has 17 nitrogen and oxygen atoms in total. The quantitative estimate of drug-likeness (QED) is 0.0282. The van der Waals surface area contributed by atoms with Crippen LogP contribution in [0.1, 0.15) is 161 Å². The van der Waals surface area contributed by atoms with Crippen LogP contribution >= 0.6 is 0 Å². The lowest BCUT2D eigenvalue weighted by Gasteiger charge is -2.37. The van der Waals surface area contributed by atoms with Gasteiger partial charge < -0.3 is 52.3 Å². The Balaban J connectivity index is 0.893. The van der Waals surface area contributed by atoms with Crippen LogP contribution < -0.4 is 42.5 Å². The van der Waals surface area contributed by atoms with Crippen molar-refractivity contribution in [3.8, 4) is 0 Å². The summed E-state index contributed by atoms with van der Waals surface area (Å²) in [5, 5.41) is 26.0. The average Bonchev–Trinajstić information content (AvgIpc) is 3.50. The first-order valence-electron chi connectivity index (χ1n) is 32.0. The molecule has 0 bridgehead atoms. The smallest absolute Gasteiger partial charge is 0.249 e. The molecule has 0 spiro atoms. The van der Waals surface area contributed by atoms with Gasteiger partial charge in [0.25, 0.3) is 0 Å². The van der Waals surface area contributed by atoms with Gasteiger partial charge in [-0.3, -0.25) is 33.8 Å². The highest BCUT2D eigenvalue weighted by Gasteiger charge is 2.48. The summed E-state index contributed by atoms with van der Waals surface area (Å²) in [7, 11) is 3.56. The van der Waals surface area contributed by atoms with Crippen molar-refractivity contribution in [1.29, 1.82) is 0 Å². The van der Waals surface area contributed by atoms with E-state index in [9.17, 15) is 24.0 Å². The molecule has 7 rings (SSSR count). The summed E-state index contributed by atoms with van der Waals surface area (Å²) in [6, 6.07) is 7.23. The van der Waals surface area contributed by atoms with Gasteiger partial charge in [0, 0.05) is 62.0 Å². The summed E-state index contributed by atoms with van der Waals surface area (Å²) in [5.41, 5.74) is 3.66. The van der Waals surface area contributed by atoms with Gasteiger partial charge in [-0.1, -0.05) is 119 Å². The molecule has 2 aliphatic carbocycles. The highest BCUT2D eigenvalue weighted by molar-refractivity contribution is 5.99. The number of amides is 6. The minimum atomic E-state index is -0.738. The number of hydrogen-bond donors (Lipinski definition) is 8. The van der Waals surface area contributed by atoms with E-state index in [0.29, 0.717) is 45.3 Å². The number of allylic oxidation sites excluding steroid dienone is 5. The van der Waals surface area contributed by atoms with E-state index in [4.69, 9.17) is 4.99 Å². The molecule has 17 heteroatoms. The molecule has 4 saturated heterocycles. The second-order valence-electron chi connectivity index (χ2n) is 24.0. The Hall–Kier alpha value is -5.91. The Bertz CT molecular complexity index is 2470. The molecule has 4 fully saturated rings. The van der Waals surface area contributed by atoms with Crippen molar-refractivity contribution >= 4 is 41.2 Å². The zero-order chi connectivity index (χ0) is 59.1. The Morgan fingerprint density at radius 2 is 1.36 bits per heavy atom. The zero-order valence-corrected chi connectivity index (χ0v) is 50.7. The number of hydrogen-bond acceptors (Lipinski definition) is 11.